The monoisotopic (exact) mass is 333 g/mol. The van der Waals surface area contributed by atoms with Crippen molar-refractivity contribution in [3.05, 3.63) is 58.6 Å². The normalized spacial score (nSPS) is 14.1. The molecule has 1 amide bonds. The van der Waals surface area contributed by atoms with Gasteiger partial charge in [-0.3, -0.25) is 4.79 Å². The minimum atomic E-state index is 0.0639. The van der Waals surface area contributed by atoms with Crippen molar-refractivity contribution in [2.45, 2.75) is 4.90 Å². The molecule has 0 N–H and O–H groups in total. The number of carbonyl (C=O) groups excluding carboxylic acids is 1. The van der Waals surface area contributed by atoms with Crippen molar-refractivity contribution in [2.24, 2.45) is 0 Å². The van der Waals surface area contributed by atoms with E-state index in [1.807, 2.05) is 47.4 Å². The fraction of sp³-hybridized carbons (Fsp3) is 0.133. The topological polar surface area (TPSA) is 20.3 Å². The first kappa shape index (κ1) is 12.8. The van der Waals surface area contributed by atoms with Crippen LogP contribution in [0, 0.1) is 0 Å². The Kier molecular flexibility index (Phi) is 3.62. The molecule has 0 atom stereocenters. The summed E-state index contributed by atoms with van der Waals surface area (Å²) in [6.07, 6.45) is 0. The second kappa shape index (κ2) is 5.39. The van der Waals surface area contributed by atoms with Gasteiger partial charge in [-0.2, -0.15) is 0 Å². The number of hydrogen-bond donors (Lipinski definition) is 0. The molecule has 0 aliphatic carbocycles. The zero-order chi connectivity index (χ0) is 13.2. The number of hydrogen-bond acceptors (Lipinski definition) is 2. The van der Waals surface area contributed by atoms with Crippen molar-refractivity contribution in [3.63, 3.8) is 0 Å². The van der Waals surface area contributed by atoms with Crippen LogP contribution in [0.5, 0.6) is 0 Å². The number of halogens is 1. The first-order valence-electron chi connectivity index (χ1n) is 6.05. The maximum absolute atomic E-state index is 12.6. The summed E-state index contributed by atoms with van der Waals surface area (Å²) in [6.45, 7) is 0.757. The standard InChI is InChI=1S/C15H12BrNOS/c16-12-5-3-4-11(10-12)15(18)17-8-9-19-14-7-2-1-6-13(14)17/h1-7,10H,8-9H2. The molecule has 1 heterocycles. The van der Waals surface area contributed by atoms with Crippen LogP contribution in [-0.2, 0) is 0 Å². The van der Waals surface area contributed by atoms with E-state index < -0.39 is 0 Å². The Labute approximate surface area is 124 Å². The van der Waals surface area contributed by atoms with Gasteiger partial charge in [0.15, 0.2) is 0 Å². The molecule has 0 saturated heterocycles. The van der Waals surface area contributed by atoms with E-state index in [1.165, 1.54) is 4.90 Å². The molecule has 96 valence electrons. The first-order valence-corrected chi connectivity index (χ1v) is 7.83. The summed E-state index contributed by atoms with van der Waals surface area (Å²) in [5.41, 5.74) is 1.74. The number of nitrogens with zero attached hydrogens (tertiary/aromatic N) is 1. The molecule has 1 aliphatic rings. The van der Waals surface area contributed by atoms with E-state index in [0.717, 1.165) is 28.0 Å². The van der Waals surface area contributed by atoms with Crippen LogP contribution < -0.4 is 4.90 Å². The van der Waals surface area contributed by atoms with Gasteiger partial charge >= 0.3 is 0 Å². The summed E-state index contributed by atoms with van der Waals surface area (Å²) >= 11 is 5.22. The van der Waals surface area contributed by atoms with Crippen LogP contribution in [0.2, 0.25) is 0 Å². The van der Waals surface area contributed by atoms with E-state index in [1.54, 1.807) is 11.8 Å². The maximum Gasteiger partial charge on any atom is 0.258 e. The Morgan fingerprint density at radius 2 is 2.00 bits per heavy atom. The van der Waals surface area contributed by atoms with Crippen molar-refractivity contribution in [2.75, 3.05) is 17.2 Å². The van der Waals surface area contributed by atoms with Crippen LogP contribution in [0.3, 0.4) is 0 Å². The van der Waals surface area contributed by atoms with Crippen LogP contribution in [0.1, 0.15) is 10.4 Å². The summed E-state index contributed by atoms with van der Waals surface area (Å²) < 4.78 is 0.929. The Hall–Kier alpha value is -1.26. The van der Waals surface area contributed by atoms with Crippen LogP contribution in [0.25, 0.3) is 0 Å². The van der Waals surface area contributed by atoms with Crippen molar-refractivity contribution in [1.82, 2.24) is 0 Å². The number of fused-ring (bicyclic) bond motifs is 1. The highest BCUT2D eigenvalue weighted by molar-refractivity contribution is 9.10. The number of anilines is 1. The van der Waals surface area contributed by atoms with Crippen molar-refractivity contribution >= 4 is 39.3 Å². The highest BCUT2D eigenvalue weighted by Crippen LogP contribution is 2.35. The van der Waals surface area contributed by atoms with E-state index in [2.05, 4.69) is 22.0 Å². The zero-order valence-corrected chi connectivity index (χ0v) is 12.6. The quantitative estimate of drug-likeness (QED) is 0.779. The number of benzene rings is 2. The molecule has 2 nitrogen and oxygen atoms in total. The van der Waals surface area contributed by atoms with E-state index in [9.17, 15) is 4.79 Å². The first-order chi connectivity index (χ1) is 9.25. The molecule has 0 spiro atoms. The summed E-state index contributed by atoms with van der Waals surface area (Å²) in [4.78, 5) is 15.7. The Bertz CT molecular complexity index is 629. The molecule has 2 aromatic carbocycles. The highest BCUT2D eigenvalue weighted by Gasteiger charge is 2.23. The third-order valence-corrected chi connectivity index (χ3v) is 4.58. The summed E-state index contributed by atoms with van der Waals surface area (Å²) in [5.74, 6) is 1.01. The van der Waals surface area contributed by atoms with E-state index in [4.69, 9.17) is 0 Å². The molecular weight excluding hydrogens is 322 g/mol. The van der Waals surface area contributed by atoms with Crippen LogP contribution >= 0.6 is 27.7 Å². The fourth-order valence-corrected chi connectivity index (χ4v) is 3.55. The van der Waals surface area contributed by atoms with Gasteiger partial charge in [0, 0.05) is 27.2 Å². The van der Waals surface area contributed by atoms with Crippen molar-refractivity contribution in [1.29, 1.82) is 0 Å². The molecule has 2 aromatic rings. The number of carbonyl (C=O) groups is 1. The molecule has 0 unspecified atom stereocenters. The Morgan fingerprint density at radius 3 is 2.84 bits per heavy atom. The molecule has 0 saturated carbocycles. The Balaban J connectivity index is 1.98. The molecule has 0 radical (unpaired) electrons. The average molecular weight is 334 g/mol. The third-order valence-electron chi connectivity index (χ3n) is 3.05. The number of para-hydroxylation sites is 1. The highest BCUT2D eigenvalue weighted by atomic mass is 79.9. The molecule has 0 bridgehead atoms. The molecule has 4 heteroatoms. The van der Waals surface area contributed by atoms with Gasteiger partial charge in [-0.05, 0) is 30.3 Å². The second-order valence-corrected chi connectivity index (χ2v) is 6.34. The van der Waals surface area contributed by atoms with Crippen molar-refractivity contribution in [3.8, 4) is 0 Å². The summed E-state index contributed by atoms with van der Waals surface area (Å²) in [6, 6.07) is 15.6. The number of rotatable bonds is 1. The van der Waals surface area contributed by atoms with E-state index in [-0.39, 0.29) is 5.91 Å². The number of amides is 1. The van der Waals surface area contributed by atoms with Gasteiger partial charge in [-0.25, -0.2) is 0 Å². The van der Waals surface area contributed by atoms with Crippen LogP contribution in [0.4, 0.5) is 5.69 Å². The zero-order valence-electron chi connectivity index (χ0n) is 10.2. The second-order valence-electron chi connectivity index (χ2n) is 4.28. The van der Waals surface area contributed by atoms with E-state index >= 15 is 0 Å². The minimum absolute atomic E-state index is 0.0639. The summed E-state index contributed by atoms with van der Waals surface area (Å²) in [7, 11) is 0. The van der Waals surface area contributed by atoms with Gasteiger partial charge in [-0.15, -0.1) is 11.8 Å². The molecule has 3 rings (SSSR count). The van der Waals surface area contributed by atoms with Crippen molar-refractivity contribution < 1.29 is 4.79 Å². The molecule has 19 heavy (non-hydrogen) atoms. The van der Waals surface area contributed by atoms with Gasteiger partial charge in [0.05, 0.1) is 5.69 Å². The SMILES string of the molecule is O=C(c1cccc(Br)c1)N1CCSc2ccccc21. The third kappa shape index (κ3) is 2.55. The van der Waals surface area contributed by atoms with Crippen LogP contribution in [-0.4, -0.2) is 18.2 Å². The van der Waals surface area contributed by atoms with Gasteiger partial charge in [0.25, 0.3) is 5.91 Å². The molecule has 0 aromatic heterocycles. The molecule has 0 fully saturated rings. The summed E-state index contributed by atoms with van der Waals surface area (Å²) in [5, 5.41) is 0. The van der Waals surface area contributed by atoms with Gasteiger partial charge in [0.1, 0.15) is 0 Å². The lowest BCUT2D eigenvalue weighted by Gasteiger charge is -2.29. The predicted molar refractivity (Wildman–Crippen MR) is 83.0 cm³/mol. The predicted octanol–water partition coefficient (Wildman–Crippen LogP) is 4.20. The maximum atomic E-state index is 12.6. The average Bonchev–Trinajstić information content (AvgIpc) is 2.46. The fourth-order valence-electron chi connectivity index (χ4n) is 2.16. The number of thioether (sulfide) groups is 1. The van der Waals surface area contributed by atoms with Gasteiger partial charge < -0.3 is 4.90 Å². The lowest BCUT2D eigenvalue weighted by atomic mass is 10.2. The molecule has 1 aliphatic heterocycles. The smallest absolute Gasteiger partial charge is 0.258 e. The lowest BCUT2D eigenvalue weighted by Crippen LogP contribution is -2.35. The van der Waals surface area contributed by atoms with Gasteiger partial charge in [-0.1, -0.05) is 34.1 Å². The largest absolute Gasteiger partial charge is 0.306 e. The lowest BCUT2D eigenvalue weighted by molar-refractivity contribution is 0.0987. The van der Waals surface area contributed by atoms with Crippen LogP contribution in [0.15, 0.2) is 57.9 Å². The minimum Gasteiger partial charge on any atom is -0.306 e. The Morgan fingerprint density at radius 1 is 1.16 bits per heavy atom. The van der Waals surface area contributed by atoms with E-state index in [0.29, 0.717) is 0 Å². The molecular formula is C15H12BrNOS. The van der Waals surface area contributed by atoms with Gasteiger partial charge in [0.2, 0.25) is 0 Å².